The highest BCUT2D eigenvalue weighted by molar-refractivity contribution is 5.78. The van der Waals surface area contributed by atoms with Crippen molar-refractivity contribution in [2.45, 2.75) is 365 Å². The van der Waals surface area contributed by atoms with E-state index in [2.05, 4.69) is 26.6 Å². The molecule has 10 rings (SSSR count). The standard InChI is InChI=1S/C76H125N5O57/c1-18(90)77-35-23(95)6-75(73(116)117,136-59(35)40(99)25(97)8-82)121-17-34-44(103)50(109)53(112)68(129-34)130-57-31(14-88)126-66(38(48(57)107)80-21(4)93)134-63-51(110)42(101)27(10-84)124-71(63)120-16-33-46(105)61(54(113)69(128-33)131-56-30(13-87)122-65(115)37(47(56)106)79-20(3)92)133-72-64(52(111)43(102)28(11-85)125-72)135-67-39(81-22(5)94)49(108)58(32(15-89)127-67)132-70-55(114)62(45(104)29(12-86)123-70)138-76(74(118)119)7-24(96)36(78-19(2)91)60(137-76)41(100)26(98)9-83/h23-72,82-89,95-115H,6-17H2,1-5H3,(H,77,90)(H,78,91)(H,79,92)(H,80,93)(H,81,94)(H,116,117)(H,118,119)/t23-,24-,25+,26+,27+,28+,29+,30+,31+,32+,33+,34+,35+,36+,37+,38+,39+,40+,41+,42+,43+,44-,45-,46+,47+,48+,49+,50-,51-,52-,53+,54-,55+,56+,57+,58+,59+,60+,61-,62-,63+,64+,65?,66-,67-,68-,69-,70-,71-,72+,75+,76-/m0/s1. The molecule has 796 valence electrons. The van der Waals surface area contributed by atoms with Crippen molar-refractivity contribution in [3.63, 3.8) is 0 Å². The smallest absolute Gasteiger partial charge is 0.364 e. The van der Waals surface area contributed by atoms with Gasteiger partial charge in [0.15, 0.2) is 50.3 Å². The Kier molecular flexibility index (Phi) is 40.6. The Hall–Kier alpha value is -5.63. The van der Waals surface area contributed by atoms with Gasteiger partial charge in [0, 0.05) is 47.5 Å². The molecule has 0 radical (unpaired) electrons. The molecule has 0 aromatic carbocycles. The SMILES string of the molecule is CC(=O)N[C@H]1[C@H](O[C@H]2[C@@H](OC[C@H]3O[C@@H](O[C@H]4[C@H](O)[C@@H](NC(C)=O)C(O)O[C@@H]4CO)[C@@H](O)[C@@H](O[C@H]4O[C@H](CO)[C@@H](O)[C@H](O)[C@H]4O[C@@H]4O[C@H](CO)[C@@H](O[C@@H]5O[C@H](CO)[C@H](O)[C@H](O[C@]6(C(=O)O)C[C@H](O)[C@@H](NC(C)=O)[C@H]([C@H](O)[C@H](O)CO)O6)[C@H]5O)[C@H](O)[C@H]4NC(C)=O)[C@@H]3O)O[C@H](CO)[C@@H](O)[C@@H]2O)O[C@H](CO)[C@@H](O[C@@H]2O[C@H](CO[C@]3(C(=O)O)C[C@H](O)[C@@H](NC(C)=O)[C@H]([C@H](O)[C@H](O)CO)O3)[C@H](O)[C@H](O)[C@H]2O)[C@@H]1O. The second-order valence-corrected chi connectivity index (χ2v) is 34.6. The van der Waals surface area contributed by atoms with Crippen LogP contribution in [0, 0.1) is 0 Å². The Bertz CT molecular complexity index is 3930. The lowest BCUT2D eigenvalue weighted by Crippen LogP contribution is -2.71. The highest BCUT2D eigenvalue weighted by Gasteiger charge is 2.65. The normalized spacial score (nSPS) is 46.2. The number of carboxylic acid groups (broad SMARTS) is 2. The van der Waals surface area contributed by atoms with Crippen LogP contribution in [0.1, 0.15) is 47.5 Å². The van der Waals surface area contributed by atoms with E-state index in [4.69, 9.17) is 90.0 Å². The summed E-state index contributed by atoms with van der Waals surface area (Å²) in [6.07, 6.45) is -104. The van der Waals surface area contributed by atoms with E-state index in [1.165, 1.54) is 0 Å². The summed E-state index contributed by atoms with van der Waals surface area (Å²) in [4.78, 5) is 89.5. The van der Waals surface area contributed by atoms with Gasteiger partial charge in [-0.1, -0.05) is 0 Å². The fourth-order valence-electron chi connectivity index (χ4n) is 17.6. The van der Waals surface area contributed by atoms with Crippen LogP contribution in [0.25, 0.3) is 0 Å². The Morgan fingerprint density at radius 1 is 0.304 bits per heavy atom. The summed E-state index contributed by atoms with van der Waals surface area (Å²) in [6, 6.07) is -9.52. The number of rotatable bonds is 39. The average molecular weight is 2020 g/mol. The summed E-state index contributed by atoms with van der Waals surface area (Å²) < 4.78 is 112. The molecule has 10 fully saturated rings. The van der Waals surface area contributed by atoms with E-state index in [0.717, 1.165) is 34.6 Å². The van der Waals surface area contributed by atoms with Crippen LogP contribution in [-0.4, -0.2) is 584 Å². The number of hydrogen-bond donors (Lipinski definition) is 36. The molecular weight excluding hydrogens is 1890 g/mol. The average Bonchev–Trinajstić information content (AvgIpc) is 0.746. The Balaban J connectivity index is 0.920. The highest BCUT2D eigenvalue weighted by atomic mass is 16.8. The van der Waals surface area contributed by atoms with Crippen molar-refractivity contribution in [3.05, 3.63) is 0 Å². The molecule has 0 aromatic rings. The lowest BCUT2D eigenvalue weighted by Gasteiger charge is -2.51. The molecule has 138 heavy (non-hydrogen) atoms. The van der Waals surface area contributed by atoms with Crippen molar-refractivity contribution in [1.29, 1.82) is 0 Å². The first kappa shape index (κ1) is 114. The van der Waals surface area contributed by atoms with E-state index in [9.17, 15) is 192 Å². The summed E-state index contributed by atoms with van der Waals surface area (Å²) in [7, 11) is 0. The molecule has 10 aliphatic heterocycles. The first-order chi connectivity index (χ1) is 64.9. The van der Waals surface area contributed by atoms with E-state index >= 15 is 0 Å². The van der Waals surface area contributed by atoms with Crippen molar-refractivity contribution in [3.8, 4) is 0 Å². The monoisotopic (exact) mass is 2020 g/mol. The van der Waals surface area contributed by atoms with Crippen LogP contribution in [0.2, 0.25) is 0 Å². The van der Waals surface area contributed by atoms with Gasteiger partial charge in [-0.3, -0.25) is 24.0 Å². The lowest BCUT2D eigenvalue weighted by atomic mass is 9.88. The zero-order chi connectivity index (χ0) is 102. The minimum absolute atomic E-state index is 0.848. The molecule has 0 saturated carbocycles. The molecule has 62 heteroatoms. The van der Waals surface area contributed by atoms with Crippen molar-refractivity contribution in [2.75, 3.05) is 66.1 Å². The Labute approximate surface area is 779 Å². The van der Waals surface area contributed by atoms with Crippen LogP contribution in [0.4, 0.5) is 0 Å². The topological polar surface area (TPSA) is 982 Å². The Morgan fingerprint density at radius 2 is 0.616 bits per heavy atom. The van der Waals surface area contributed by atoms with Crippen LogP contribution in [0.3, 0.4) is 0 Å². The number of nitrogens with one attached hydrogen (secondary N) is 5. The quantitative estimate of drug-likeness (QED) is 0.0272. The predicted octanol–water partition coefficient (Wildman–Crippen LogP) is -23.7. The fourth-order valence-corrected chi connectivity index (χ4v) is 17.6. The summed E-state index contributed by atoms with van der Waals surface area (Å²) >= 11 is 0. The van der Waals surface area contributed by atoms with Crippen molar-refractivity contribution >= 4 is 41.5 Å². The van der Waals surface area contributed by atoms with Gasteiger partial charge in [-0.25, -0.2) is 9.59 Å². The third-order valence-electron chi connectivity index (χ3n) is 24.8. The van der Waals surface area contributed by atoms with E-state index < -0.39 is 438 Å². The van der Waals surface area contributed by atoms with Crippen molar-refractivity contribution < 1.29 is 282 Å². The number of aliphatic carboxylic acids is 2. The number of aliphatic hydroxyl groups excluding tert-OH is 29. The minimum Gasteiger partial charge on any atom is -0.477 e. The molecule has 52 atom stereocenters. The van der Waals surface area contributed by atoms with Crippen LogP contribution in [0.15, 0.2) is 0 Å². The van der Waals surface area contributed by atoms with Gasteiger partial charge in [0.1, 0.15) is 232 Å². The van der Waals surface area contributed by atoms with Crippen molar-refractivity contribution in [1.82, 2.24) is 26.6 Å². The fraction of sp³-hybridized carbons (Fsp3) is 0.908. The zero-order valence-electron chi connectivity index (χ0n) is 73.8. The van der Waals surface area contributed by atoms with E-state index in [1.54, 1.807) is 0 Å². The molecule has 10 saturated heterocycles. The first-order valence-electron chi connectivity index (χ1n) is 43.4. The van der Waals surface area contributed by atoms with Gasteiger partial charge in [-0.15, -0.1) is 0 Å². The van der Waals surface area contributed by atoms with Crippen LogP contribution >= 0.6 is 0 Å². The molecule has 1 unspecified atom stereocenters. The van der Waals surface area contributed by atoms with Crippen molar-refractivity contribution in [2.24, 2.45) is 0 Å². The second-order valence-electron chi connectivity index (χ2n) is 34.6. The van der Waals surface area contributed by atoms with E-state index in [-0.39, 0.29) is 0 Å². The summed E-state index contributed by atoms with van der Waals surface area (Å²) in [5.74, 6) is -15.4. The largest absolute Gasteiger partial charge is 0.477 e. The number of carbonyl (C=O) groups is 7. The number of hydrogen-bond acceptors (Lipinski definition) is 55. The van der Waals surface area contributed by atoms with Gasteiger partial charge in [0.25, 0.3) is 11.6 Å². The van der Waals surface area contributed by atoms with Gasteiger partial charge < -0.3 is 275 Å². The molecule has 0 aromatic heterocycles. The molecule has 0 spiro atoms. The summed E-state index contributed by atoms with van der Waals surface area (Å²) in [5, 5.41) is 358. The number of ether oxygens (including phenoxy) is 19. The zero-order valence-corrected chi connectivity index (χ0v) is 73.8. The first-order valence-corrected chi connectivity index (χ1v) is 43.4. The number of carboxylic acids is 2. The molecule has 5 amide bonds. The molecule has 10 heterocycles. The van der Waals surface area contributed by atoms with Crippen LogP contribution in [0.5, 0.6) is 0 Å². The second kappa shape index (κ2) is 49.0. The minimum atomic E-state index is -3.33. The molecule has 36 N–H and O–H groups in total. The van der Waals surface area contributed by atoms with Gasteiger partial charge in [0.2, 0.25) is 29.5 Å². The summed E-state index contributed by atoms with van der Waals surface area (Å²) in [6.45, 7) is -7.79. The van der Waals surface area contributed by atoms with E-state index in [1.807, 2.05) is 0 Å². The highest BCUT2D eigenvalue weighted by Crippen LogP contribution is 2.44. The molecule has 10 aliphatic rings. The lowest BCUT2D eigenvalue weighted by molar-refractivity contribution is -0.400. The van der Waals surface area contributed by atoms with Gasteiger partial charge in [-0.05, 0) is 0 Å². The molecule has 0 bridgehead atoms. The summed E-state index contributed by atoms with van der Waals surface area (Å²) in [5.41, 5.74) is 0. The van der Waals surface area contributed by atoms with Crippen LogP contribution < -0.4 is 26.6 Å². The Morgan fingerprint density at radius 3 is 1.04 bits per heavy atom. The number of amides is 5. The molecular formula is C76H125N5O57. The predicted molar refractivity (Wildman–Crippen MR) is 422 cm³/mol. The maximum atomic E-state index is 13.3. The number of carbonyl (C=O) groups excluding carboxylic acids is 5. The van der Waals surface area contributed by atoms with Crippen LogP contribution in [-0.2, 0) is 124 Å². The maximum absolute atomic E-state index is 13.3. The number of aliphatic hydroxyl groups is 29. The van der Waals surface area contributed by atoms with Gasteiger partial charge in [-0.2, -0.15) is 0 Å². The third-order valence-corrected chi connectivity index (χ3v) is 24.8. The van der Waals surface area contributed by atoms with Gasteiger partial charge >= 0.3 is 11.9 Å². The van der Waals surface area contributed by atoms with Gasteiger partial charge in [0.05, 0.1) is 90.4 Å². The molecule has 0 aliphatic carbocycles. The maximum Gasteiger partial charge on any atom is 0.364 e. The third kappa shape index (κ3) is 25.2. The van der Waals surface area contributed by atoms with E-state index in [0.29, 0.717) is 0 Å². The molecule has 62 nitrogen and oxygen atoms in total.